The van der Waals surface area contributed by atoms with Crippen molar-refractivity contribution in [3.05, 3.63) is 0 Å². The fourth-order valence-corrected chi connectivity index (χ4v) is 0.759. The Hall–Kier alpha value is -1.27. The second-order valence-corrected chi connectivity index (χ2v) is 2.49. The van der Waals surface area contributed by atoms with E-state index in [0.717, 1.165) is 0 Å². The smallest absolute Gasteiger partial charge is 0.358 e. The van der Waals surface area contributed by atoms with Crippen LogP contribution < -0.4 is 5.32 Å². The topological polar surface area (TPSA) is 49.4 Å². The van der Waals surface area contributed by atoms with Crippen LogP contribution in [0, 0.1) is 0 Å². The van der Waals surface area contributed by atoms with Crippen LogP contribution in [0.4, 0.5) is 13.2 Å². The molecule has 0 aromatic heterocycles. The molecule has 0 aliphatic carbocycles. The molecule has 82 valence electrons. The van der Waals surface area contributed by atoms with Gasteiger partial charge in [-0.05, 0) is 6.92 Å². The van der Waals surface area contributed by atoms with Gasteiger partial charge in [-0.1, -0.05) is 0 Å². The van der Waals surface area contributed by atoms with E-state index >= 15 is 0 Å². The molecule has 2 amide bonds. The quantitative estimate of drug-likeness (QED) is 0.723. The van der Waals surface area contributed by atoms with E-state index in [0.29, 0.717) is 4.90 Å². The Morgan fingerprint density at radius 1 is 1.36 bits per heavy atom. The van der Waals surface area contributed by atoms with Gasteiger partial charge in [0.1, 0.15) is 0 Å². The molecule has 0 radical (unpaired) electrons. The first-order valence-corrected chi connectivity index (χ1v) is 3.89. The lowest BCUT2D eigenvalue weighted by molar-refractivity contribution is -0.185. The fourth-order valence-electron chi connectivity index (χ4n) is 0.759. The molecule has 0 saturated carbocycles. The normalized spacial score (nSPS) is 10.9. The lowest BCUT2D eigenvalue weighted by atomic mass is 10.4. The highest BCUT2D eigenvalue weighted by Crippen LogP contribution is 2.17. The lowest BCUT2D eigenvalue weighted by Crippen LogP contribution is -2.45. The lowest BCUT2D eigenvalue weighted by Gasteiger charge is -2.20. The molecule has 0 aliphatic heterocycles. The Labute approximate surface area is 79.1 Å². The summed E-state index contributed by atoms with van der Waals surface area (Å²) in [5, 5.41) is 2.14. The molecular formula is C7H11F3N2O2. The zero-order chi connectivity index (χ0) is 11.4. The summed E-state index contributed by atoms with van der Waals surface area (Å²) in [6.45, 7) is 0.629. The van der Waals surface area contributed by atoms with Gasteiger partial charge >= 0.3 is 12.1 Å². The zero-order valence-electron chi connectivity index (χ0n) is 7.81. The minimum absolute atomic E-state index is 0.161. The van der Waals surface area contributed by atoms with Crippen LogP contribution in [0.15, 0.2) is 0 Å². The van der Waals surface area contributed by atoms with Gasteiger partial charge in [0.15, 0.2) is 0 Å². The number of rotatable bonds is 3. The molecule has 0 unspecified atom stereocenters. The molecule has 0 fully saturated rings. The van der Waals surface area contributed by atoms with E-state index in [1.165, 1.54) is 14.0 Å². The molecule has 0 spiro atoms. The number of amides is 2. The minimum Gasteiger partial charge on any atom is -0.358 e. The summed E-state index contributed by atoms with van der Waals surface area (Å²) >= 11 is 0. The van der Waals surface area contributed by atoms with Crippen LogP contribution in [0.1, 0.15) is 6.92 Å². The molecule has 0 saturated heterocycles. The van der Waals surface area contributed by atoms with Crippen molar-refractivity contribution in [2.75, 3.05) is 20.1 Å². The molecule has 0 aromatic carbocycles. The number of carbonyl (C=O) groups excluding carboxylic acids is 2. The number of likely N-dealkylation sites (N-methyl/N-ethyl adjacent to an activating group) is 2. The van der Waals surface area contributed by atoms with Crippen molar-refractivity contribution >= 4 is 11.8 Å². The van der Waals surface area contributed by atoms with Crippen molar-refractivity contribution in [1.82, 2.24) is 10.2 Å². The van der Waals surface area contributed by atoms with Crippen LogP contribution in [0.5, 0.6) is 0 Å². The highest BCUT2D eigenvalue weighted by atomic mass is 19.4. The zero-order valence-corrected chi connectivity index (χ0v) is 7.81. The maximum Gasteiger partial charge on any atom is 0.471 e. The summed E-state index contributed by atoms with van der Waals surface area (Å²) in [6, 6.07) is 0. The Bertz CT molecular complexity index is 227. The van der Waals surface area contributed by atoms with Gasteiger partial charge in [0, 0.05) is 13.6 Å². The third-order valence-corrected chi connectivity index (χ3v) is 1.52. The summed E-state index contributed by atoms with van der Waals surface area (Å²) in [7, 11) is 1.29. The van der Waals surface area contributed by atoms with Crippen molar-refractivity contribution < 1.29 is 22.8 Å². The second kappa shape index (κ2) is 4.83. The van der Waals surface area contributed by atoms with E-state index in [1.54, 1.807) is 0 Å². The fraction of sp³-hybridized carbons (Fsp3) is 0.714. The molecule has 14 heavy (non-hydrogen) atoms. The molecule has 4 nitrogen and oxygen atoms in total. The summed E-state index contributed by atoms with van der Waals surface area (Å²) in [5.74, 6) is -2.63. The largest absolute Gasteiger partial charge is 0.471 e. The van der Waals surface area contributed by atoms with E-state index in [-0.39, 0.29) is 6.54 Å². The van der Waals surface area contributed by atoms with Crippen molar-refractivity contribution in [3.63, 3.8) is 0 Å². The maximum atomic E-state index is 11.9. The number of hydrogen-bond acceptors (Lipinski definition) is 2. The first-order valence-electron chi connectivity index (χ1n) is 3.89. The van der Waals surface area contributed by atoms with Gasteiger partial charge in [0.25, 0.3) is 0 Å². The van der Waals surface area contributed by atoms with Gasteiger partial charge in [-0.3, -0.25) is 9.59 Å². The van der Waals surface area contributed by atoms with Gasteiger partial charge < -0.3 is 10.2 Å². The van der Waals surface area contributed by atoms with Gasteiger partial charge in [-0.2, -0.15) is 13.2 Å². The highest BCUT2D eigenvalue weighted by molar-refractivity contribution is 5.87. The van der Waals surface area contributed by atoms with Crippen LogP contribution in [-0.2, 0) is 9.59 Å². The standard InChI is InChI=1S/C7H11F3N2O2/c1-3-12(4-5(13)11-2)6(14)7(8,9)10/h3-4H2,1-2H3,(H,11,13). The molecule has 0 heterocycles. The van der Waals surface area contributed by atoms with E-state index < -0.39 is 24.5 Å². The van der Waals surface area contributed by atoms with E-state index in [9.17, 15) is 22.8 Å². The average Bonchev–Trinajstić information content (AvgIpc) is 2.11. The third kappa shape index (κ3) is 3.63. The van der Waals surface area contributed by atoms with Crippen molar-refractivity contribution in [3.8, 4) is 0 Å². The molecule has 0 aromatic rings. The number of alkyl halides is 3. The first-order chi connectivity index (χ1) is 6.32. The molecule has 0 atom stereocenters. The van der Waals surface area contributed by atoms with Gasteiger partial charge in [-0.15, -0.1) is 0 Å². The van der Waals surface area contributed by atoms with E-state index in [1.807, 2.05) is 0 Å². The number of nitrogens with zero attached hydrogens (tertiary/aromatic N) is 1. The van der Waals surface area contributed by atoms with Crippen LogP contribution in [0.3, 0.4) is 0 Å². The van der Waals surface area contributed by atoms with E-state index in [4.69, 9.17) is 0 Å². The summed E-state index contributed by atoms with van der Waals surface area (Å²) < 4.78 is 35.8. The third-order valence-electron chi connectivity index (χ3n) is 1.52. The Kier molecular flexibility index (Phi) is 4.39. The Balaban J connectivity index is 4.42. The number of carbonyl (C=O) groups is 2. The monoisotopic (exact) mass is 212 g/mol. The molecule has 0 bridgehead atoms. The summed E-state index contributed by atoms with van der Waals surface area (Å²) in [5.41, 5.74) is 0. The van der Waals surface area contributed by atoms with Crippen LogP contribution in [0.2, 0.25) is 0 Å². The van der Waals surface area contributed by atoms with Crippen molar-refractivity contribution in [2.24, 2.45) is 0 Å². The summed E-state index contributed by atoms with van der Waals surface area (Å²) in [4.78, 5) is 21.8. The molecular weight excluding hydrogens is 201 g/mol. The van der Waals surface area contributed by atoms with Crippen LogP contribution in [0.25, 0.3) is 0 Å². The number of halogens is 3. The number of hydrogen-bond donors (Lipinski definition) is 1. The van der Waals surface area contributed by atoms with Gasteiger partial charge in [0.2, 0.25) is 5.91 Å². The van der Waals surface area contributed by atoms with E-state index in [2.05, 4.69) is 5.32 Å². The average molecular weight is 212 g/mol. The second-order valence-electron chi connectivity index (χ2n) is 2.49. The molecule has 1 N–H and O–H groups in total. The molecule has 7 heteroatoms. The number of nitrogens with one attached hydrogen (secondary N) is 1. The predicted octanol–water partition coefficient (Wildman–Crippen LogP) is 0.143. The van der Waals surface area contributed by atoms with Gasteiger partial charge in [0.05, 0.1) is 6.54 Å². The van der Waals surface area contributed by atoms with Gasteiger partial charge in [-0.25, -0.2) is 0 Å². The van der Waals surface area contributed by atoms with Crippen LogP contribution >= 0.6 is 0 Å². The summed E-state index contributed by atoms with van der Waals surface area (Å²) in [6.07, 6.45) is -4.93. The molecule has 0 aliphatic rings. The Morgan fingerprint density at radius 2 is 1.86 bits per heavy atom. The van der Waals surface area contributed by atoms with Crippen LogP contribution in [-0.4, -0.2) is 43.0 Å². The first kappa shape index (κ1) is 12.7. The highest BCUT2D eigenvalue weighted by Gasteiger charge is 2.42. The van der Waals surface area contributed by atoms with Crippen molar-refractivity contribution in [1.29, 1.82) is 0 Å². The Morgan fingerprint density at radius 3 is 2.14 bits per heavy atom. The minimum atomic E-state index is -4.93. The predicted molar refractivity (Wildman–Crippen MR) is 42.4 cm³/mol. The maximum absolute atomic E-state index is 11.9. The SMILES string of the molecule is CCN(CC(=O)NC)C(=O)C(F)(F)F. The van der Waals surface area contributed by atoms with Crippen molar-refractivity contribution in [2.45, 2.75) is 13.1 Å². The molecule has 0 rings (SSSR count).